The largest absolute Gasteiger partial charge is 0.305 e. The Morgan fingerprint density at radius 1 is 1.08 bits per heavy atom. The third kappa shape index (κ3) is 3.74. The van der Waals surface area contributed by atoms with Crippen LogP contribution in [-0.4, -0.2) is 22.5 Å². The zero-order valence-corrected chi connectivity index (χ0v) is 14.5. The lowest BCUT2D eigenvalue weighted by Gasteiger charge is -2.24. The number of benzene rings is 1. The summed E-state index contributed by atoms with van der Waals surface area (Å²) < 4.78 is 0. The second kappa shape index (κ2) is 6.84. The van der Waals surface area contributed by atoms with E-state index in [2.05, 4.69) is 15.4 Å². The van der Waals surface area contributed by atoms with Gasteiger partial charge in [0.05, 0.1) is 5.69 Å². The number of rotatable bonds is 3. The van der Waals surface area contributed by atoms with Gasteiger partial charge in [0.1, 0.15) is 11.5 Å². The predicted molar refractivity (Wildman–Crippen MR) is 97.7 cm³/mol. The van der Waals surface area contributed by atoms with Crippen LogP contribution in [0.1, 0.15) is 29.5 Å². The van der Waals surface area contributed by atoms with Crippen molar-refractivity contribution in [2.75, 3.05) is 10.3 Å². The van der Waals surface area contributed by atoms with E-state index in [9.17, 15) is 9.59 Å². The van der Waals surface area contributed by atoms with Gasteiger partial charge in [-0.25, -0.2) is 9.99 Å². The number of hydrogen-bond acceptors (Lipinski definition) is 4. The molecule has 2 aromatic rings. The van der Waals surface area contributed by atoms with Crippen LogP contribution in [0.4, 0.5) is 11.5 Å². The van der Waals surface area contributed by atoms with Gasteiger partial charge in [-0.15, -0.1) is 0 Å². The van der Waals surface area contributed by atoms with Crippen molar-refractivity contribution in [3.05, 3.63) is 53.2 Å². The van der Waals surface area contributed by atoms with Gasteiger partial charge in [0.15, 0.2) is 0 Å². The number of aryl methyl sites for hydroxylation is 3. The number of carbonyl (C=O) groups is 2. The molecule has 1 N–H and O–H groups in total. The van der Waals surface area contributed by atoms with Crippen molar-refractivity contribution in [1.29, 1.82) is 0 Å². The smallest absolute Gasteiger partial charge is 0.273 e. The number of anilines is 2. The molecule has 6 nitrogen and oxygen atoms in total. The molecule has 128 valence electrons. The molecule has 1 aromatic carbocycles. The lowest BCUT2D eigenvalue weighted by Crippen LogP contribution is -2.36. The molecule has 2 heterocycles. The molecule has 0 unspecified atom stereocenters. The molecule has 0 radical (unpaired) electrons. The topological polar surface area (TPSA) is 74.7 Å². The van der Waals surface area contributed by atoms with Crippen LogP contribution in [-0.2, 0) is 9.59 Å². The van der Waals surface area contributed by atoms with Crippen LogP contribution < -0.4 is 10.3 Å². The SMILES string of the molecule is Cc1ccc(NC(=O)C2=NN(c3cc(C)ccc3C)C(=O)CC2)nc1. The zero-order valence-electron chi connectivity index (χ0n) is 14.5. The van der Waals surface area contributed by atoms with E-state index in [1.807, 2.05) is 45.0 Å². The van der Waals surface area contributed by atoms with Gasteiger partial charge in [-0.2, -0.15) is 5.10 Å². The monoisotopic (exact) mass is 336 g/mol. The van der Waals surface area contributed by atoms with Crippen LogP contribution in [0, 0.1) is 20.8 Å². The molecular formula is C19H20N4O2. The first-order chi connectivity index (χ1) is 11.9. The van der Waals surface area contributed by atoms with Gasteiger partial charge in [-0.05, 0) is 49.6 Å². The van der Waals surface area contributed by atoms with Gasteiger partial charge in [0.25, 0.3) is 5.91 Å². The summed E-state index contributed by atoms with van der Waals surface area (Å²) in [5.74, 6) is 0.0198. The van der Waals surface area contributed by atoms with Gasteiger partial charge in [-0.3, -0.25) is 9.59 Å². The van der Waals surface area contributed by atoms with Crippen LogP contribution in [0.25, 0.3) is 0 Å². The second-order valence-electron chi connectivity index (χ2n) is 6.22. The number of nitrogens with one attached hydrogen (secondary N) is 1. The number of hydrazone groups is 1. The summed E-state index contributed by atoms with van der Waals surface area (Å²) in [5.41, 5.74) is 4.01. The Balaban J connectivity index is 1.86. The molecule has 0 spiro atoms. The minimum absolute atomic E-state index is 0.112. The quantitative estimate of drug-likeness (QED) is 0.936. The van der Waals surface area contributed by atoms with E-state index in [-0.39, 0.29) is 18.2 Å². The highest BCUT2D eigenvalue weighted by Crippen LogP contribution is 2.25. The Morgan fingerprint density at radius 2 is 1.84 bits per heavy atom. The average Bonchev–Trinajstić information content (AvgIpc) is 2.59. The van der Waals surface area contributed by atoms with Crippen LogP contribution in [0.2, 0.25) is 0 Å². The van der Waals surface area contributed by atoms with Crippen molar-refractivity contribution in [2.45, 2.75) is 33.6 Å². The van der Waals surface area contributed by atoms with Crippen molar-refractivity contribution < 1.29 is 9.59 Å². The van der Waals surface area contributed by atoms with Crippen LogP contribution in [0.15, 0.2) is 41.6 Å². The minimum Gasteiger partial charge on any atom is -0.305 e. The lowest BCUT2D eigenvalue weighted by molar-refractivity contribution is -0.118. The van der Waals surface area contributed by atoms with E-state index in [0.717, 1.165) is 16.7 Å². The van der Waals surface area contributed by atoms with E-state index in [0.29, 0.717) is 23.6 Å². The van der Waals surface area contributed by atoms with Gasteiger partial charge < -0.3 is 5.32 Å². The summed E-state index contributed by atoms with van der Waals surface area (Å²) in [6.45, 7) is 5.80. The number of amides is 2. The minimum atomic E-state index is -0.334. The second-order valence-corrected chi connectivity index (χ2v) is 6.22. The fraction of sp³-hybridized carbons (Fsp3) is 0.263. The normalized spacial score (nSPS) is 14.3. The molecule has 25 heavy (non-hydrogen) atoms. The maximum absolute atomic E-state index is 12.5. The first-order valence-electron chi connectivity index (χ1n) is 8.16. The summed E-state index contributed by atoms with van der Waals surface area (Å²) in [6.07, 6.45) is 2.25. The van der Waals surface area contributed by atoms with Crippen molar-refractivity contribution >= 4 is 29.0 Å². The highest BCUT2D eigenvalue weighted by atomic mass is 16.2. The van der Waals surface area contributed by atoms with Gasteiger partial charge in [0, 0.05) is 19.0 Å². The number of carbonyl (C=O) groups excluding carboxylic acids is 2. The molecule has 1 aliphatic rings. The van der Waals surface area contributed by atoms with Crippen molar-refractivity contribution in [2.24, 2.45) is 5.10 Å². The number of aromatic nitrogens is 1. The van der Waals surface area contributed by atoms with Crippen LogP contribution in [0.5, 0.6) is 0 Å². The van der Waals surface area contributed by atoms with E-state index >= 15 is 0 Å². The van der Waals surface area contributed by atoms with Crippen molar-refractivity contribution in [1.82, 2.24) is 4.98 Å². The molecule has 2 amide bonds. The van der Waals surface area contributed by atoms with Crippen LogP contribution in [0.3, 0.4) is 0 Å². The Bertz CT molecular complexity index is 856. The predicted octanol–water partition coefficient (Wildman–Crippen LogP) is 3.13. The lowest BCUT2D eigenvalue weighted by atomic mass is 10.1. The number of hydrogen-bond donors (Lipinski definition) is 1. The summed E-state index contributed by atoms with van der Waals surface area (Å²) in [4.78, 5) is 28.9. The molecule has 0 saturated carbocycles. The Morgan fingerprint density at radius 3 is 2.56 bits per heavy atom. The molecule has 0 aliphatic carbocycles. The molecule has 0 saturated heterocycles. The highest BCUT2D eigenvalue weighted by molar-refractivity contribution is 6.44. The molecular weight excluding hydrogens is 316 g/mol. The highest BCUT2D eigenvalue weighted by Gasteiger charge is 2.26. The molecule has 6 heteroatoms. The molecule has 0 bridgehead atoms. The number of nitrogens with zero attached hydrogens (tertiary/aromatic N) is 3. The number of pyridine rings is 1. The third-order valence-electron chi connectivity index (χ3n) is 4.04. The summed E-state index contributed by atoms with van der Waals surface area (Å²) >= 11 is 0. The van der Waals surface area contributed by atoms with Crippen LogP contribution >= 0.6 is 0 Å². The van der Waals surface area contributed by atoms with E-state index in [4.69, 9.17) is 0 Å². The Kier molecular flexibility index (Phi) is 4.61. The fourth-order valence-corrected chi connectivity index (χ4v) is 2.58. The molecule has 0 fully saturated rings. The Hall–Kier alpha value is -3.02. The summed E-state index contributed by atoms with van der Waals surface area (Å²) in [6, 6.07) is 9.44. The third-order valence-corrected chi connectivity index (χ3v) is 4.04. The van der Waals surface area contributed by atoms with E-state index in [1.54, 1.807) is 12.3 Å². The first kappa shape index (κ1) is 16.8. The van der Waals surface area contributed by atoms with Gasteiger partial charge in [-0.1, -0.05) is 18.2 Å². The summed E-state index contributed by atoms with van der Waals surface area (Å²) in [7, 11) is 0. The molecule has 1 aromatic heterocycles. The molecule has 3 rings (SSSR count). The van der Waals surface area contributed by atoms with Crippen molar-refractivity contribution in [3.63, 3.8) is 0 Å². The average molecular weight is 336 g/mol. The summed E-state index contributed by atoms with van der Waals surface area (Å²) in [5, 5.41) is 8.38. The maximum Gasteiger partial charge on any atom is 0.273 e. The maximum atomic E-state index is 12.5. The standard InChI is InChI=1S/C19H20N4O2/c1-12-4-6-14(3)16(10-12)23-18(24)9-7-15(22-23)19(25)21-17-8-5-13(2)11-20-17/h4-6,8,10-11H,7,9H2,1-3H3,(H,20,21,25). The van der Waals surface area contributed by atoms with Gasteiger partial charge in [0.2, 0.25) is 5.91 Å². The van der Waals surface area contributed by atoms with Gasteiger partial charge >= 0.3 is 0 Å². The van der Waals surface area contributed by atoms with Crippen molar-refractivity contribution in [3.8, 4) is 0 Å². The first-order valence-corrected chi connectivity index (χ1v) is 8.16. The Labute approximate surface area is 146 Å². The fourth-order valence-electron chi connectivity index (χ4n) is 2.58. The molecule has 1 aliphatic heterocycles. The van der Waals surface area contributed by atoms with E-state index in [1.165, 1.54) is 5.01 Å². The van der Waals surface area contributed by atoms with E-state index < -0.39 is 0 Å². The zero-order chi connectivity index (χ0) is 18.0. The molecule has 0 atom stereocenters.